The minimum Gasteiger partial charge on any atom is -0.784 e. The molecule has 0 fully saturated rings. The predicted octanol–water partition coefficient (Wildman–Crippen LogP) is 4.27. The number of aromatic nitrogens is 3. The van der Waals surface area contributed by atoms with Crippen molar-refractivity contribution < 1.29 is 0 Å². The molecule has 7 heteroatoms. The minimum atomic E-state index is -0.392. The van der Waals surface area contributed by atoms with Crippen LogP contribution in [-0.4, -0.2) is 37.8 Å². The van der Waals surface area contributed by atoms with Gasteiger partial charge in [0.1, 0.15) is 0 Å². The molecule has 1 aliphatic rings. The molecule has 3 aromatic rings. The molecule has 2 heterocycles. The summed E-state index contributed by atoms with van der Waals surface area (Å²) in [4.78, 5) is 2.30. The molecule has 28 heavy (non-hydrogen) atoms. The van der Waals surface area contributed by atoms with E-state index in [1.54, 1.807) is 0 Å². The zero-order valence-corrected chi connectivity index (χ0v) is 17.6. The van der Waals surface area contributed by atoms with E-state index in [-0.39, 0.29) is 6.54 Å². The van der Waals surface area contributed by atoms with Crippen molar-refractivity contribution in [3.05, 3.63) is 81.0 Å². The van der Waals surface area contributed by atoms with Gasteiger partial charge in [0.2, 0.25) is 0 Å². The second-order valence-corrected chi connectivity index (χ2v) is 7.84. The Hall–Kier alpha value is -2.06. The van der Waals surface area contributed by atoms with Crippen molar-refractivity contribution in [1.29, 1.82) is 0 Å². The van der Waals surface area contributed by atoms with Crippen LogP contribution in [0, 0.1) is 5.21 Å². The van der Waals surface area contributed by atoms with E-state index in [1.807, 2.05) is 48.5 Å². The fraction of sp³-hybridized carbons (Fsp3) is 0.333. The fourth-order valence-corrected chi connectivity index (χ4v) is 4.18. The van der Waals surface area contributed by atoms with E-state index in [2.05, 4.69) is 49.4 Å². The summed E-state index contributed by atoms with van der Waals surface area (Å²) < 4.78 is 3.01. The maximum atomic E-state index is 13.2. The lowest BCUT2D eigenvalue weighted by Gasteiger charge is -2.36. The zero-order chi connectivity index (χ0) is 19.7. The highest BCUT2D eigenvalue weighted by Crippen LogP contribution is 2.38. The topological polar surface area (TPSA) is 60.2 Å². The third-order valence-electron chi connectivity index (χ3n) is 5.28. The second-order valence-electron chi connectivity index (χ2n) is 6.92. The third kappa shape index (κ3) is 3.51. The van der Waals surface area contributed by atoms with Crippen molar-refractivity contribution >= 4 is 15.9 Å². The standard InChI is InChI=1S/C21H23BrN5O/c1-3-25(4-2)13-19-23-24-20-14-26(28)21(15-8-6-5-7-9-15)17-12-16(22)10-11-18(17)27(19)20/h5-12,21H,3-4,13-14H2,1-2H3/q-1. The molecule has 1 unspecified atom stereocenters. The number of benzene rings is 2. The SMILES string of the molecule is CCN(CC)Cc1nnc2n1-c1ccc(Br)cc1C(c1ccccc1)N([O-])C2. The number of halogens is 1. The van der Waals surface area contributed by atoms with Crippen molar-refractivity contribution in [2.24, 2.45) is 0 Å². The van der Waals surface area contributed by atoms with Crippen LogP contribution in [0.1, 0.15) is 42.7 Å². The summed E-state index contributed by atoms with van der Waals surface area (Å²) in [6.45, 7) is 7.04. The van der Waals surface area contributed by atoms with Gasteiger partial charge >= 0.3 is 0 Å². The molecule has 0 saturated carbocycles. The Kier molecular flexibility index (Phi) is 5.59. The molecule has 2 aromatic carbocycles. The normalized spacial score (nSPS) is 16.7. The van der Waals surface area contributed by atoms with Crippen LogP contribution in [0.25, 0.3) is 5.69 Å². The van der Waals surface area contributed by atoms with Gasteiger partial charge in [-0.05, 0) is 42.4 Å². The van der Waals surface area contributed by atoms with Crippen LogP contribution in [0.2, 0.25) is 0 Å². The Morgan fingerprint density at radius 3 is 2.57 bits per heavy atom. The van der Waals surface area contributed by atoms with Crippen LogP contribution >= 0.6 is 15.9 Å². The first-order valence-corrected chi connectivity index (χ1v) is 10.4. The lowest BCUT2D eigenvalue weighted by atomic mass is 9.97. The van der Waals surface area contributed by atoms with Gasteiger partial charge in [-0.1, -0.05) is 60.1 Å². The summed E-state index contributed by atoms with van der Waals surface area (Å²) in [7, 11) is 0. The molecule has 1 atom stereocenters. The van der Waals surface area contributed by atoms with Gasteiger partial charge in [-0.15, -0.1) is 10.2 Å². The van der Waals surface area contributed by atoms with E-state index in [4.69, 9.17) is 0 Å². The van der Waals surface area contributed by atoms with Crippen molar-refractivity contribution in [1.82, 2.24) is 24.7 Å². The van der Waals surface area contributed by atoms with E-state index in [1.165, 1.54) is 0 Å². The Balaban J connectivity index is 1.88. The molecule has 146 valence electrons. The molecular formula is C21H23BrN5O-. The molecule has 6 nitrogen and oxygen atoms in total. The fourth-order valence-electron chi connectivity index (χ4n) is 3.80. The zero-order valence-electron chi connectivity index (χ0n) is 16.0. The van der Waals surface area contributed by atoms with E-state index >= 15 is 0 Å². The maximum absolute atomic E-state index is 13.2. The summed E-state index contributed by atoms with van der Waals surface area (Å²) in [5.41, 5.74) is 2.90. The first kappa shape index (κ1) is 19.3. The number of hydrogen-bond donors (Lipinski definition) is 0. The first-order chi connectivity index (χ1) is 13.6. The van der Waals surface area contributed by atoms with Crippen molar-refractivity contribution in [2.45, 2.75) is 33.0 Å². The highest BCUT2D eigenvalue weighted by molar-refractivity contribution is 9.10. The molecule has 0 aliphatic carbocycles. The summed E-state index contributed by atoms with van der Waals surface area (Å²) in [5, 5.41) is 23.1. The van der Waals surface area contributed by atoms with Gasteiger partial charge in [0.25, 0.3) is 0 Å². The van der Waals surface area contributed by atoms with E-state index in [0.717, 1.165) is 45.3 Å². The summed E-state index contributed by atoms with van der Waals surface area (Å²) in [6, 6.07) is 15.6. The van der Waals surface area contributed by atoms with Gasteiger partial charge in [0.05, 0.1) is 18.3 Å². The van der Waals surface area contributed by atoms with Gasteiger partial charge in [0.15, 0.2) is 11.6 Å². The molecule has 0 radical (unpaired) electrons. The van der Waals surface area contributed by atoms with Gasteiger partial charge in [0, 0.05) is 11.0 Å². The summed E-state index contributed by atoms with van der Waals surface area (Å²) >= 11 is 3.58. The van der Waals surface area contributed by atoms with Crippen molar-refractivity contribution in [3.63, 3.8) is 0 Å². The third-order valence-corrected chi connectivity index (χ3v) is 5.78. The Labute approximate surface area is 173 Å². The first-order valence-electron chi connectivity index (χ1n) is 9.56. The largest absolute Gasteiger partial charge is 0.784 e. The van der Waals surface area contributed by atoms with Gasteiger partial charge in [-0.3, -0.25) is 9.47 Å². The molecule has 1 aromatic heterocycles. The maximum Gasteiger partial charge on any atom is 0.151 e. The molecular weight excluding hydrogens is 418 g/mol. The Morgan fingerprint density at radius 1 is 1.11 bits per heavy atom. The summed E-state index contributed by atoms with van der Waals surface area (Å²) in [6.07, 6.45) is 0. The number of hydrogen-bond acceptors (Lipinski definition) is 5. The number of hydroxylamine groups is 2. The highest BCUT2D eigenvalue weighted by Gasteiger charge is 2.28. The van der Waals surface area contributed by atoms with E-state index in [0.29, 0.717) is 12.4 Å². The lowest BCUT2D eigenvalue weighted by molar-refractivity contribution is 0.286. The molecule has 0 spiro atoms. The van der Waals surface area contributed by atoms with Crippen LogP contribution < -0.4 is 0 Å². The molecule has 0 amide bonds. The summed E-state index contributed by atoms with van der Waals surface area (Å²) in [5.74, 6) is 1.54. The number of nitrogens with zero attached hydrogens (tertiary/aromatic N) is 5. The molecule has 4 rings (SSSR count). The Morgan fingerprint density at radius 2 is 1.86 bits per heavy atom. The van der Waals surface area contributed by atoms with Gasteiger partial charge in [-0.25, -0.2) is 0 Å². The lowest BCUT2D eigenvalue weighted by Crippen LogP contribution is -2.24. The molecule has 0 saturated heterocycles. The van der Waals surface area contributed by atoms with Crippen LogP contribution in [0.5, 0.6) is 0 Å². The highest BCUT2D eigenvalue weighted by atomic mass is 79.9. The molecule has 1 aliphatic heterocycles. The van der Waals surface area contributed by atoms with Gasteiger partial charge in [-0.2, -0.15) is 0 Å². The van der Waals surface area contributed by atoms with Gasteiger partial charge < -0.3 is 10.3 Å². The van der Waals surface area contributed by atoms with Crippen LogP contribution in [-0.2, 0) is 13.1 Å². The van der Waals surface area contributed by atoms with Crippen molar-refractivity contribution in [3.8, 4) is 5.69 Å². The van der Waals surface area contributed by atoms with Crippen LogP contribution in [0.4, 0.5) is 0 Å². The molecule has 0 bridgehead atoms. The van der Waals surface area contributed by atoms with E-state index < -0.39 is 6.04 Å². The second kappa shape index (κ2) is 8.13. The van der Waals surface area contributed by atoms with Crippen LogP contribution in [0.3, 0.4) is 0 Å². The minimum absolute atomic E-state index is 0.192. The van der Waals surface area contributed by atoms with E-state index in [9.17, 15) is 5.21 Å². The molecule has 0 N–H and O–H groups in total. The smallest absolute Gasteiger partial charge is 0.151 e. The van der Waals surface area contributed by atoms with Crippen LogP contribution in [0.15, 0.2) is 53.0 Å². The quantitative estimate of drug-likeness (QED) is 0.592. The monoisotopic (exact) mass is 440 g/mol. The average Bonchev–Trinajstić information content (AvgIpc) is 3.03. The number of fused-ring (bicyclic) bond motifs is 3. The number of rotatable bonds is 5. The Bertz CT molecular complexity index is 955. The average molecular weight is 441 g/mol. The predicted molar refractivity (Wildman–Crippen MR) is 113 cm³/mol. The van der Waals surface area contributed by atoms with Crippen molar-refractivity contribution in [2.75, 3.05) is 13.1 Å².